The van der Waals surface area contributed by atoms with E-state index in [4.69, 9.17) is 5.73 Å². The summed E-state index contributed by atoms with van der Waals surface area (Å²) in [6.07, 6.45) is 6.06. The van der Waals surface area contributed by atoms with Crippen LogP contribution in [0.4, 0.5) is 0 Å². The number of carbonyl (C=O) groups excluding carboxylic acids is 2. The number of nitrogens with zero attached hydrogens (tertiary/aromatic N) is 3. The van der Waals surface area contributed by atoms with Crippen molar-refractivity contribution < 1.29 is 13.8 Å². The van der Waals surface area contributed by atoms with Crippen LogP contribution < -0.4 is 5.73 Å². The molecule has 2 N–H and O–H groups in total. The molecule has 1 aromatic carbocycles. The van der Waals surface area contributed by atoms with Crippen LogP contribution in [0.2, 0.25) is 0 Å². The summed E-state index contributed by atoms with van der Waals surface area (Å²) in [6, 6.07) is 10.1. The minimum absolute atomic E-state index is 0.167. The molecule has 0 radical (unpaired) electrons. The Hall–Kier alpha value is -2.78. The second-order valence-corrected chi connectivity index (χ2v) is 9.96. The van der Waals surface area contributed by atoms with Crippen molar-refractivity contribution in [1.29, 1.82) is 0 Å². The summed E-state index contributed by atoms with van der Waals surface area (Å²) >= 11 is 3.37. The molecule has 1 aliphatic rings. The highest BCUT2D eigenvalue weighted by molar-refractivity contribution is 9.10. The molecular formula is C24H27BrN4O3S. The van der Waals surface area contributed by atoms with Gasteiger partial charge in [0.25, 0.3) is 0 Å². The van der Waals surface area contributed by atoms with E-state index < -0.39 is 16.9 Å². The van der Waals surface area contributed by atoms with Crippen molar-refractivity contribution in [1.82, 2.24) is 14.2 Å². The zero-order valence-corrected chi connectivity index (χ0v) is 21.1. The predicted octanol–water partition coefficient (Wildman–Crippen LogP) is 4.29. The van der Waals surface area contributed by atoms with E-state index in [0.717, 1.165) is 24.8 Å². The van der Waals surface area contributed by atoms with Crippen LogP contribution in [0.15, 0.2) is 76.0 Å². The van der Waals surface area contributed by atoms with Crippen LogP contribution in [0.25, 0.3) is 0 Å². The number of amides is 2. The summed E-state index contributed by atoms with van der Waals surface area (Å²) < 4.78 is 16.2. The van der Waals surface area contributed by atoms with E-state index in [1.54, 1.807) is 33.6 Å². The molecule has 1 unspecified atom stereocenters. The number of rotatable bonds is 10. The molecule has 0 saturated heterocycles. The van der Waals surface area contributed by atoms with E-state index in [0.29, 0.717) is 20.9 Å². The number of hydrogen-bond acceptors (Lipinski definition) is 4. The third-order valence-corrected chi connectivity index (χ3v) is 7.26. The number of benzene rings is 1. The zero-order valence-electron chi connectivity index (χ0n) is 18.7. The third-order valence-electron chi connectivity index (χ3n) is 5.38. The van der Waals surface area contributed by atoms with Crippen LogP contribution in [0.5, 0.6) is 0 Å². The van der Waals surface area contributed by atoms with Crippen molar-refractivity contribution in [3.05, 3.63) is 82.4 Å². The number of hydrogen-bond donors (Lipinski definition) is 1. The molecule has 3 rings (SSSR count). The van der Waals surface area contributed by atoms with Gasteiger partial charge >= 0.3 is 0 Å². The summed E-state index contributed by atoms with van der Waals surface area (Å²) in [4.78, 5) is 30.8. The topological polar surface area (TPSA) is 96.6 Å². The molecule has 1 aliphatic heterocycles. The van der Waals surface area contributed by atoms with Crippen molar-refractivity contribution >= 4 is 38.7 Å². The van der Waals surface area contributed by atoms with E-state index in [-0.39, 0.29) is 24.1 Å². The maximum absolute atomic E-state index is 13.8. The second kappa shape index (κ2) is 10.9. The van der Waals surface area contributed by atoms with Gasteiger partial charge in [0.1, 0.15) is 5.82 Å². The van der Waals surface area contributed by atoms with Crippen LogP contribution >= 0.6 is 15.9 Å². The number of nitrogens with two attached hydrogens (primary N) is 1. The van der Waals surface area contributed by atoms with E-state index in [9.17, 15) is 13.8 Å². The van der Waals surface area contributed by atoms with Crippen LogP contribution in [-0.2, 0) is 22.3 Å². The molecule has 0 spiro atoms. The van der Waals surface area contributed by atoms with Crippen molar-refractivity contribution in [2.24, 2.45) is 5.73 Å². The number of carbonyl (C=O) groups is 2. The average molecular weight is 531 g/mol. The SMILES string of the molecule is C=CC1=C(N(Cc2ccccn2)C(C)=O)N(S(=O)c2cc(Br)cc(C(N)=O)c2)[C@H]1CCCC. The minimum Gasteiger partial charge on any atom is -0.366 e. The fourth-order valence-electron chi connectivity index (χ4n) is 3.76. The first kappa shape index (κ1) is 24.9. The summed E-state index contributed by atoms with van der Waals surface area (Å²) in [5.41, 5.74) is 7.29. The molecule has 2 aromatic rings. The largest absolute Gasteiger partial charge is 0.366 e. The van der Waals surface area contributed by atoms with E-state index in [2.05, 4.69) is 34.4 Å². The average Bonchev–Trinajstić information content (AvgIpc) is 2.78. The maximum atomic E-state index is 13.8. The lowest BCUT2D eigenvalue weighted by atomic mass is 9.94. The molecule has 2 atom stereocenters. The number of pyridine rings is 1. The van der Waals surface area contributed by atoms with Gasteiger partial charge in [0.2, 0.25) is 11.8 Å². The Labute approximate surface area is 205 Å². The van der Waals surface area contributed by atoms with Crippen molar-refractivity contribution in [3.63, 3.8) is 0 Å². The maximum Gasteiger partial charge on any atom is 0.248 e. The molecule has 2 amide bonds. The first-order valence-electron chi connectivity index (χ1n) is 10.6. The molecule has 1 aromatic heterocycles. The fraction of sp³-hybridized carbons (Fsp3) is 0.292. The van der Waals surface area contributed by atoms with Gasteiger partial charge in [-0.3, -0.25) is 23.8 Å². The zero-order chi connectivity index (χ0) is 24.1. The number of unbranched alkanes of at least 4 members (excludes halogenated alkanes) is 1. The highest BCUT2D eigenvalue weighted by Crippen LogP contribution is 2.41. The van der Waals surface area contributed by atoms with Crippen LogP contribution in [0.3, 0.4) is 0 Å². The lowest BCUT2D eigenvalue weighted by molar-refractivity contribution is -0.128. The molecule has 174 valence electrons. The van der Waals surface area contributed by atoms with Gasteiger partial charge in [-0.15, -0.1) is 0 Å². The van der Waals surface area contributed by atoms with Gasteiger partial charge in [-0.25, -0.2) is 4.21 Å². The van der Waals surface area contributed by atoms with Crippen LogP contribution in [0.1, 0.15) is 49.2 Å². The molecular weight excluding hydrogens is 504 g/mol. The van der Waals surface area contributed by atoms with Crippen molar-refractivity contribution in [3.8, 4) is 0 Å². The van der Waals surface area contributed by atoms with Gasteiger partial charge in [0.15, 0.2) is 11.0 Å². The van der Waals surface area contributed by atoms with E-state index in [1.165, 1.54) is 13.0 Å². The highest BCUT2D eigenvalue weighted by atomic mass is 79.9. The Morgan fingerprint density at radius 3 is 2.67 bits per heavy atom. The Morgan fingerprint density at radius 2 is 2.09 bits per heavy atom. The van der Waals surface area contributed by atoms with E-state index >= 15 is 0 Å². The fourth-order valence-corrected chi connectivity index (χ4v) is 5.90. The summed E-state index contributed by atoms with van der Waals surface area (Å²) in [6.45, 7) is 7.76. The van der Waals surface area contributed by atoms with Gasteiger partial charge in [0.05, 0.1) is 23.2 Å². The Kier molecular flexibility index (Phi) is 8.20. The third kappa shape index (κ3) is 5.42. The van der Waals surface area contributed by atoms with Crippen LogP contribution in [0, 0.1) is 0 Å². The molecule has 0 bridgehead atoms. The Balaban J connectivity index is 2.07. The second-order valence-electron chi connectivity index (χ2n) is 7.68. The van der Waals surface area contributed by atoms with Crippen molar-refractivity contribution in [2.45, 2.75) is 50.6 Å². The van der Waals surface area contributed by atoms with Crippen LogP contribution in [-0.4, -0.2) is 36.3 Å². The molecule has 0 saturated carbocycles. The molecule has 7 nitrogen and oxygen atoms in total. The molecule has 0 fully saturated rings. The van der Waals surface area contributed by atoms with Gasteiger partial charge in [-0.1, -0.05) is 54.4 Å². The molecule has 9 heteroatoms. The Morgan fingerprint density at radius 1 is 1.33 bits per heavy atom. The molecule has 33 heavy (non-hydrogen) atoms. The quantitative estimate of drug-likeness (QED) is 0.495. The summed E-state index contributed by atoms with van der Waals surface area (Å²) in [5.74, 6) is -0.259. The first-order chi connectivity index (χ1) is 15.8. The van der Waals surface area contributed by atoms with Gasteiger partial charge in [-0.05, 0) is 36.8 Å². The monoisotopic (exact) mass is 530 g/mol. The lowest BCUT2D eigenvalue weighted by Gasteiger charge is -2.48. The molecule has 2 heterocycles. The summed E-state index contributed by atoms with van der Waals surface area (Å²) in [5, 5.41) is 0. The standard InChI is InChI=1S/C24H27BrN4O3S/c1-4-6-10-22-21(5-2)24(28(16(3)30)15-19-9-7-8-11-27-19)29(22)33(32)20-13-17(23(26)31)12-18(25)14-20/h5,7-9,11-14,22H,2,4,6,10,15H2,1,3H3,(H2,26,31)/t22-,33?/m0/s1. The van der Waals surface area contributed by atoms with Gasteiger partial charge < -0.3 is 5.73 Å². The highest BCUT2D eigenvalue weighted by Gasteiger charge is 2.43. The number of halogens is 1. The lowest BCUT2D eigenvalue weighted by Crippen LogP contribution is -2.53. The first-order valence-corrected chi connectivity index (χ1v) is 12.5. The number of primary amides is 1. The van der Waals surface area contributed by atoms with Gasteiger partial charge in [-0.2, -0.15) is 0 Å². The molecule has 0 aliphatic carbocycles. The van der Waals surface area contributed by atoms with Crippen molar-refractivity contribution in [2.75, 3.05) is 0 Å². The summed E-state index contributed by atoms with van der Waals surface area (Å²) in [7, 11) is -1.68. The van der Waals surface area contributed by atoms with E-state index in [1.807, 2.05) is 18.2 Å². The minimum atomic E-state index is -1.68. The number of aromatic nitrogens is 1. The normalized spacial score (nSPS) is 16.2. The Bertz CT molecular complexity index is 1120. The smallest absolute Gasteiger partial charge is 0.248 e. The predicted molar refractivity (Wildman–Crippen MR) is 132 cm³/mol. The van der Waals surface area contributed by atoms with Gasteiger partial charge in [0, 0.05) is 28.7 Å².